The first kappa shape index (κ1) is 17.9. The number of hydrogen-bond donors (Lipinski definition) is 0. The highest BCUT2D eigenvalue weighted by molar-refractivity contribution is 5.84. The smallest absolute Gasteiger partial charge is 0.166 e. The van der Waals surface area contributed by atoms with Gasteiger partial charge < -0.3 is 0 Å². The van der Waals surface area contributed by atoms with Crippen molar-refractivity contribution in [3.63, 3.8) is 0 Å². The molecule has 0 nitrogen and oxygen atoms in total. The van der Waals surface area contributed by atoms with E-state index in [1.165, 1.54) is 11.1 Å². The van der Waals surface area contributed by atoms with Crippen molar-refractivity contribution >= 4 is 10.8 Å². The first-order valence-electron chi connectivity index (χ1n) is 9.23. The zero-order valence-electron chi connectivity index (χ0n) is 15.5. The van der Waals surface area contributed by atoms with E-state index in [2.05, 4.69) is 55.2 Å². The van der Waals surface area contributed by atoms with Gasteiger partial charge in [-0.05, 0) is 58.8 Å². The molecule has 0 heterocycles. The molecule has 0 aromatic heterocycles. The Hall–Kier alpha value is -3.44. The number of benzene rings is 4. The lowest BCUT2D eigenvalue weighted by Gasteiger charge is -2.03. The van der Waals surface area contributed by atoms with Crippen molar-refractivity contribution in [3.05, 3.63) is 107 Å². The quantitative estimate of drug-likeness (QED) is 0.343. The highest BCUT2D eigenvalue weighted by Crippen LogP contribution is 2.22. The number of hydrogen-bond acceptors (Lipinski definition) is 0. The van der Waals surface area contributed by atoms with Crippen LogP contribution in [0.4, 0.5) is 8.78 Å². The van der Waals surface area contributed by atoms with E-state index in [1.807, 2.05) is 12.1 Å². The predicted molar refractivity (Wildman–Crippen MR) is 111 cm³/mol. The van der Waals surface area contributed by atoms with Crippen LogP contribution in [0.15, 0.2) is 78.9 Å². The fourth-order valence-electron chi connectivity index (χ4n) is 3.17. The summed E-state index contributed by atoms with van der Waals surface area (Å²) in [5.41, 5.74) is 5.32. The Morgan fingerprint density at radius 3 is 1.96 bits per heavy atom. The summed E-state index contributed by atoms with van der Waals surface area (Å²) in [5.74, 6) is 4.57. The van der Waals surface area contributed by atoms with Gasteiger partial charge in [-0.2, -0.15) is 0 Å². The van der Waals surface area contributed by atoms with E-state index in [4.69, 9.17) is 0 Å². The molecule has 4 aromatic rings. The molecule has 4 rings (SSSR count). The van der Waals surface area contributed by atoms with Crippen LogP contribution in [-0.4, -0.2) is 0 Å². The Bertz CT molecular complexity index is 1190. The monoisotopic (exact) mass is 368 g/mol. The summed E-state index contributed by atoms with van der Waals surface area (Å²) < 4.78 is 27.1. The lowest BCUT2D eigenvalue weighted by molar-refractivity contribution is 0.517. The van der Waals surface area contributed by atoms with Gasteiger partial charge in [0.15, 0.2) is 11.6 Å². The molecule has 28 heavy (non-hydrogen) atoms. The van der Waals surface area contributed by atoms with Crippen LogP contribution in [0.1, 0.15) is 23.6 Å². The average molecular weight is 368 g/mol. The number of halogens is 2. The molecule has 4 aromatic carbocycles. The van der Waals surface area contributed by atoms with E-state index >= 15 is 0 Å². The van der Waals surface area contributed by atoms with Crippen molar-refractivity contribution in [2.24, 2.45) is 0 Å². The Balaban J connectivity index is 1.57. The molecule has 0 aliphatic carbocycles. The summed E-state index contributed by atoms with van der Waals surface area (Å²) in [6.45, 7) is 2.15. The molecule has 0 saturated carbocycles. The van der Waals surface area contributed by atoms with Gasteiger partial charge in [0, 0.05) is 16.5 Å². The third-order valence-corrected chi connectivity index (χ3v) is 4.84. The van der Waals surface area contributed by atoms with Gasteiger partial charge in [-0.1, -0.05) is 67.3 Å². The summed E-state index contributed by atoms with van der Waals surface area (Å²) >= 11 is 0. The molecule has 0 radical (unpaired) electrons. The summed E-state index contributed by atoms with van der Waals surface area (Å²) in [4.78, 5) is 0. The van der Waals surface area contributed by atoms with E-state index < -0.39 is 11.6 Å². The van der Waals surface area contributed by atoms with Crippen LogP contribution in [0.3, 0.4) is 0 Å². The van der Waals surface area contributed by atoms with Crippen molar-refractivity contribution in [1.29, 1.82) is 0 Å². The van der Waals surface area contributed by atoms with Crippen LogP contribution < -0.4 is 0 Å². The zero-order valence-corrected chi connectivity index (χ0v) is 15.5. The van der Waals surface area contributed by atoms with Crippen LogP contribution in [-0.2, 0) is 6.42 Å². The second-order valence-corrected chi connectivity index (χ2v) is 6.68. The normalized spacial score (nSPS) is 10.5. The fourth-order valence-corrected chi connectivity index (χ4v) is 3.17. The molecule has 136 valence electrons. The van der Waals surface area contributed by atoms with Gasteiger partial charge in [0.25, 0.3) is 0 Å². The molecular formula is C26H18F2. The van der Waals surface area contributed by atoms with Crippen LogP contribution in [0.2, 0.25) is 0 Å². The molecule has 2 heteroatoms. The Morgan fingerprint density at radius 2 is 1.29 bits per heavy atom. The topological polar surface area (TPSA) is 0 Å². The lowest BCUT2D eigenvalue weighted by Crippen LogP contribution is -1.86. The largest absolute Gasteiger partial charge is 0.204 e. The molecule has 0 bridgehead atoms. The van der Waals surface area contributed by atoms with E-state index in [0.717, 1.165) is 29.2 Å². The number of rotatable bonds is 2. The standard InChI is InChI=1S/C26H18F2/c1-2-18-5-10-21(11-6-18)22-12-7-19(8-13-22)3-4-20-9-15-24-23(17-20)14-16-25(27)26(24)28/h5-17H,2H2,1H3. The number of aryl methyl sites for hydroxylation is 1. The lowest BCUT2D eigenvalue weighted by atomic mass is 10.0. The zero-order chi connectivity index (χ0) is 19.5. The molecule has 0 amide bonds. The van der Waals surface area contributed by atoms with E-state index in [1.54, 1.807) is 24.3 Å². The highest BCUT2D eigenvalue weighted by Gasteiger charge is 2.06. The third-order valence-electron chi connectivity index (χ3n) is 4.84. The summed E-state index contributed by atoms with van der Waals surface area (Å²) in [6.07, 6.45) is 1.03. The van der Waals surface area contributed by atoms with Crippen molar-refractivity contribution < 1.29 is 8.78 Å². The number of fused-ring (bicyclic) bond motifs is 1. The maximum atomic E-state index is 13.8. The second-order valence-electron chi connectivity index (χ2n) is 6.68. The second kappa shape index (κ2) is 7.66. The highest BCUT2D eigenvalue weighted by atomic mass is 19.2. The van der Waals surface area contributed by atoms with E-state index in [9.17, 15) is 8.78 Å². The first-order chi connectivity index (χ1) is 13.6. The molecule has 0 saturated heterocycles. The molecule has 0 fully saturated rings. The third kappa shape index (κ3) is 3.66. The van der Waals surface area contributed by atoms with Gasteiger partial charge in [-0.25, -0.2) is 8.78 Å². The molecular weight excluding hydrogens is 350 g/mol. The molecule has 0 aliphatic rings. The van der Waals surface area contributed by atoms with Crippen molar-refractivity contribution in [2.45, 2.75) is 13.3 Å². The van der Waals surface area contributed by atoms with Crippen molar-refractivity contribution in [1.82, 2.24) is 0 Å². The molecule has 0 spiro atoms. The van der Waals surface area contributed by atoms with Gasteiger partial charge in [-0.15, -0.1) is 0 Å². The van der Waals surface area contributed by atoms with Crippen molar-refractivity contribution in [3.8, 4) is 23.0 Å². The molecule has 0 atom stereocenters. The van der Waals surface area contributed by atoms with Gasteiger partial charge in [0.1, 0.15) is 0 Å². The van der Waals surface area contributed by atoms with Crippen LogP contribution in [0.25, 0.3) is 21.9 Å². The average Bonchev–Trinajstić information content (AvgIpc) is 2.75. The molecule has 0 unspecified atom stereocenters. The minimum absolute atomic E-state index is 0.268. The van der Waals surface area contributed by atoms with E-state index in [0.29, 0.717) is 5.39 Å². The Kier molecular flexibility index (Phi) is 4.91. The van der Waals surface area contributed by atoms with E-state index in [-0.39, 0.29) is 5.39 Å². The first-order valence-corrected chi connectivity index (χ1v) is 9.23. The Labute approximate surface area is 163 Å². The van der Waals surface area contributed by atoms with Gasteiger partial charge >= 0.3 is 0 Å². The van der Waals surface area contributed by atoms with Gasteiger partial charge in [-0.3, -0.25) is 0 Å². The van der Waals surface area contributed by atoms with Crippen LogP contribution >= 0.6 is 0 Å². The fraction of sp³-hybridized carbons (Fsp3) is 0.0769. The van der Waals surface area contributed by atoms with Crippen LogP contribution in [0.5, 0.6) is 0 Å². The summed E-state index contributed by atoms with van der Waals surface area (Å²) in [6, 6.07) is 24.4. The SMILES string of the molecule is CCc1ccc(-c2ccc(C#Cc3ccc4c(F)c(F)ccc4c3)cc2)cc1. The van der Waals surface area contributed by atoms with Gasteiger partial charge in [0.2, 0.25) is 0 Å². The maximum Gasteiger partial charge on any atom is 0.166 e. The minimum Gasteiger partial charge on any atom is -0.204 e. The Morgan fingerprint density at radius 1 is 0.679 bits per heavy atom. The molecule has 0 aliphatic heterocycles. The molecule has 0 N–H and O–H groups in total. The van der Waals surface area contributed by atoms with Crippen molar-refractivity contribution in [2.75, 3.05) is 0 Å². The maximum absolute atomic E-state index is 13.8. The van der Waals surface area contributed by atoms with Gasteiger partial charge in [0.05, 0.1) is 0 Å². The predicted octanol–water partition coefficient (Wildman–Crippen LogP) is 6.75. The summed E-state index contributed by atoms with van der Waals surface area (Å²) in [7, 11) is 0. The van der Waals surface area contributed by atoms with Crippen LogP contribution in [0, 0.1) is 23.5 Å². The summed E-state index contributed by atoms with van der Waals surface area (Å²) in [5, 5.41) is 0.903. The minimum atomic E-state index is -0.837.